The van der Waals surface area contributed by atoms with Crippen molar-refractivity contribution in [1.82, 2.24) is 40.3 Å². The molecule has 2 fully saturated rings. The van der Waals surface area contributed by atoms with Crippen LogP contribution in [0.1, 0.15) is 58.8 Å². The number of hydrogen-bond donors (Lipinski definition) is 6. The van der Waals surface area contributed by atoms with Gasteiger partial charge in [0, 0.05) is 44.0 Å². The normalized spacial score (nSPS) is 14.1. The van der Waals surface area contributed by atoms with Crippen molar-refractivity contribution in [3.63, 3.8) is 0 Å². The summed E-state index contributed by atoms with van der Waals surface area (Å²) in [4.78, 5) is 47.6. The topological polar surface area (TPSA) is 256 Å². The molecule has 4 aromatic heterocycles. The Morgan fingerprint density at radius 2 is 1.11 bits per heavy atom. The highest BCUT2D eigenvalue weighted by molar-refractivity contribution is 5.91. The Morgan fingerprint density at radius 3 is 1.53 bits per heavy atom. The number of nitriles is 1. The Balaban J connectivity index is 0.000000199. The molecule has 6 aromatic rings. The molecule has 2 saturated heterocycles. The summed E-state index contributed by atoms with van der Waals surface area (Å²) in [6, 6.07) is 16.7. The molecule has 6 heterocycles. The third-order valence-corrected chi connectivity index (χ3v) is 10.1. The number of aliphatic hydroxyl groups is 2. The Morgan fingerprint density at radius 1 is 0.677 bits per heavy atom. The summed E-state index contributed by atoms with van der Waals surface area (Å²) in [7, 11) is 0. The van der Waals surface area contributed by atoms with Crippen LogP contribution < -0.4 is 41.0 Å². The Bertz CT molecular complexity index is 2500. The Labute approximate surface area is 358 Å². The number of aromatic nitrogens is 8. The fraction of sp³-hybridized carbons (Fsp3) is 0.419. The average Bonchev–Trinajstić information content (AvgIpc) is 3.60. The molecular weight excluding hydrogens is 795 g/mol. The molecular formula is C43H53N13O6. The van der Waals surface area contributed by atoms with Crippen LogP contribution in [0.5, 0.6) is 11.5 Å². The van der Waals surface area contributed by atoms with Crippen LogP contribution in [0.3, 0.4) is 0 Å². The number of aromatic amines is 2. The van der Waals surface area contributed by atoms with Crippen LogP contribution in [-0.2, 0) is 0 Å². The molecule has 0 spiro atoms. The first-order chi connectivity index (χ1) is 30.4. The van der Waals surface area contributed by atoms with E-state index in [0.717, 1.165) is 63.2 Å². The molecule has 0 unspecified atom stereocenters. The van der Waals surface area contributed by atoms with Gasteiger partial charge in [-0.25, -0.2) is 20.2 Å². The van der Waals surface area contributed by atoms with Crippen LogP contribution in [0.15, 0.2) is 70.5 Å². The van der Waals surface area contributed by atoms with Gasteiger partial charge in [0.1, 0.15) is 58.2 Å². The SMILES string of the molecule is CC.N#CCC1CCN(c2nc(Nc3ccc(OCCO)cc3)c3c(=O)[nH]ncc3n2)CC1.O=c1[nH]ncc2nc(N3CCCCCC3)nc(Nc3ccc(OCCO)cc3)c12. The molecule has 0 radical (unpaired) electrons. The molecule has 19 heteroatoms. The number of rotatable bonds is 13. The molecule has 0 bridgehead atoms. The van der Waals surface area contributed by atoms with E-state index in [1.54, 1.807) is 30.5 Å². The molecule has 0 saturated carbocycles. The first-order valence-electron chi connectivity index (χ1n) is 21.0. The van der Waals surface area contributed by atoms with Crippen LogP contribution in [0, 0.1) is 17.2 Å². The lowest BCUT2D eigenvalue weighted by Gasteiger charge is -2.31. The number of H-pyrrole nitrogens is 2. The third-order valence-electron chi connectivity index (χ3n) is 10.1. The standard InChI is InChI=1S/C21H23N7O3.C20H24N6O3.C2H6/c22-8-5-14-6-9-28(10-7-14)21-25-17-13-23-27-20(30)18(17)19(26-21)24-15-1-3-16(4-2-15)31-12-11-29;27-11-12-29-15-7-5-14(6-8-15)22-18-17-16(13-21-25-19(17)28)23-20(24-18)26-9-3-1-2-4-10-26;1-2/h1-4,13-14,29H,5-7,9-12H2,(H,27,30)(H,24,25,26);5-8,13,27H,1-4,9-12H2,(H,25,28)(H,22,23,24);1-2H3. The van der Waals surface area contributed by atoms with Gasteiger partial charge in [0.15, 0.2) is 0 Å². The molecule has 0 aliphatic carbocycles. The van der Waals surface area contributed by atoms with E-state index in [1.807, 2.05) is 38.1 Å². The molecule has 6 N–H and O–H groups in total. The van der Waals surface area contributed by atoms with Gasteiger partial charge in [-0.15, -0.1) is 0 Å². The van der Waals surface area contributed by atoms with Crippen molar-refractivity contribution in [2.75, 3.05) is 73.0 Å². The lowest BCUT2D eigenvalue weighted by atomic mass is 9.94. The zero-order valence-corrected chi connectivity index (χ0v) is 35.0. The average molecular weight is 848 g/mol. The highest BCUT2D eigenvalue weighted by Crippen LogP contribution is 2.29. The second-order valence-electron chi connectivity index (χ2n) is 14.3. The molecule has 2 aliphatic heterocycles. The van der Waals surface area contributed by atoms with Gasteiger partial charge in [-0.2, -0.15) is 25.4 Å². The largest absolute Gasteiger partial charge is 0.491 e. The zero-order chi connectivity index (χ0) is 43.7. The van der Waals surface area contributed by atoms with E-state index in [2.05, 4.69) is 66.8 Å². The summed E-state index contributed by atoms with van der Waals surface area (Å²) >= 11 is 0. The summed E-state index contributed by atoms with van der Waals surface area (Å²) in [6.07, 6.45) is 10.1. The van der Waals surface area contributed by atoms with Crippen LogP contribution >= 0.6 is 0 Å². The molecule has 62 heavy (non-hydrogen) atoms. The number of benzene rings is 2. The van der Waals surface area contributed by atoms with Gasteiger partial charge < -0.3 is 40.1 Å². The third kappa shape index (κ3) is 11.7. The molecule has 8 rings (SSSR count). The molecule has 0 atom stereocenters. The van der Waals surface area contributed by atoms with Crippen molar-refractivity contribution in [2.24, 2.45) is 5.92 Å². The van der Waals surface area contributed by atoms with E-state index in [9.17, 15) is 9.59 Å². The van der Waals surface area contributed by atoms with E-state index >= 15 is 0 Å². The first-order valence-corrected chi connectivity index (χ1v) is 21.0. The maximum Gasteiger partial charge on any atom is 0.277 e. The fourth-order valence-electron chi connectivity index (χ4n) is 7.05. The quantitative estimate of drug-likeness (QED) is 0.0874. The minimum Gasteiger partial charge on any atom is -0.491 e. The number of piperidine rings is 1. The minimum atomic E-state index is -0.373. The van der Waals surface area contributed by atoms with Gasteiger partial charge in [0.05, 0.1) is 31.7 Å². The second-order valence-corrected chi connectivity index (χ2v) is 14.3. The van der Waals surface area contributed by atoms with Crippen LogP contribution in [-0.4, -0.2) is 103 Å². The number of anilines is 6. The van der Waals surface area contributed by atoms with Crippen molar-refractivity contribution in [1.29, 1.82) is 5.26 Å². The van der Waals surface area contributed by atoms with Crippen LogP contribution in [0.4, 0.5) is 34.9 Å². The van der Waals surface area contributed by atoms with E-state index in [1.165, 1.54) is 19.0 Å². The van der Waals surface area contributed by atoms with Crippen molar-refractivity contribution in [2.45, 2.75) is 58.8 Å². The lowest BCUT2D eigenvalue weighted by molar-refractivity contribution is 0.201. The highest BCUT2D eigenvalue weighted by atomic mass is 16.5. The highest BCUT2D eigenvalue weighted by Gasteiger charge is 2.23. The monoisotopic (exact) mass is 847 g/mol. The van der Waals surface area contributed by atoms with Gasteiger partial charge in [0.2, 0.25) is 11.9 Å². The first kappa shape index (κ1) is 44.6. The summed E-state index contributed by atoms with van der Waals surface area (Å²) in [5.41, 5.74) is 1.75. The maximum atomic E-state index is 12.4. The van der Waals surface area contributed by atoms with Gasteiger partial charge >= 0.3 is 0 Å². The number of nitrogens with zero attached hydrogens (tertiary/aromatic N) is 9. The molecule has 19 nitrogen and oxygen atoms in total. The van der Waals surface area contributed by atoms with E-state index < -0.39 is 0 Å². The zero-order valence-electron chi connectivity index (χ0n) is 35.0. The maximum absolute atomic E-state index is 12.4. The minimum absolute atomic E-state index is 0.0387. The Hall–Kier alpha value is -6.91. The second kappa shape index (κ2) is 22.6. The van der Waals surface area contributed by atoms with E-state index in [0.29, 0.717) is 69.2 Å². The van der Waals surface area contributed by atoms with Gasteiger partial charge in [-0.3, -0.25) is 9.59 Å². The van der Waals surface area contributed by atoms with Gasteiger partial charge in [0.25, 0.3) is 11.1 Å². The van der Waals surface area contributed by atoms with Crippen molar-refractivity contribution >= 4 is 56.7 Å². The van der Waals surface area contributed by atoms with Crippen molar-refractivity contribution in [3.05, 3.63) is 81.6 Å². The van der Waals surface area contributed by atoms with E-state index in [4.69, 9.17) is 24.9 Å². The summed E-state index contributed by atoms with van der Waals surface area (Å²) in [6.45, 7) is 7.68. The summed E-state index contributed by atoms with van der Waals surface area (Å²) in [5.74, 6) is 3.67. The molecule has 2 aromatic carbocycles. The smallest absolute Gasteiger partial charge is 0.277 e. The summed E-state index contributed by atoms with van der Waals surface area (Å²) < 4.78 is 10.8. The molecule has 326 valence electrons. The number of fused-ring (bicyclic) bond motifs is 2. The lowest BCUT2D eigenvalue weighted by Crippen LogP contribution is -2.35. The number of ether oxygens (including phenoxy) is 2. The molecule has 0 amide bonds. The van der Waals surface area contributed by atoms with Crippen LogP contribution in [0.25, 0.3) is 21.8 Å². The predicted octanol–water partition coefficient (Wildman–Crippen LogP) is 5.19. The van der Waals surface area contributed by atoms with E-state index in [-0.39, 0.29) is 37.5 Å². The molecule has 2 aliphatic rings. The number of nitrogens with one attached hydrogen (secondary N) is 4. The van der Waals surface area contributed by atoms with Gasteiger partial charge in [-0.1, -0.05) is 26.7 Å². The predicted molar refractivity (Wildman–Crippen MR) is 238 cm³/mol. The number of hydrogen-bond acceptors (Lipinski definition) is 17. The number of aliphatic hydroxyl groups excluding tert-OH is 2. The summed E-state index contributed by atoms with van der Waals surface area (Å²) in [5, 5.41) is 46.5. The van der Waals surface area contributed by atoms with Crippen LogP contribution in [0.2, 0.25) is 0 Å². The fourth-order valence-corrected chi connectivity index (χ4v) is 7.05. The Kier molecular flexibility index (Phi) is 16.3. The van der Waals surface area contributed by atoms with Crippen molar-refractivity contribution < 1.29 is 19.7 Å². The van der Waals surface area contributed by atoms with Crippen molar-refractivity contribution in [3.8, 4) is 17.6 Å². The van der Waals surface area contributed by atoms with Gasteiger partial charge in [-0.05, 0) is 80.1 Å².